The number of H-pyrrole nitrogens is 1. The lowest BCUT2D eigenvalue weighted by atomic mass is 10.1. The highest BCUT2D eigenvalue weighted by atomic mass is 16.1. The minimum Gasteiger partial charge on any atom is -0.362 e. The van der Waals surface area contributed by atoms with Crippen LogP contribution in [0, 0.1) is 0 Å². The molecule has 0 aliphatic carbocycles. The summed E-state index contributed by atoms with van der Waals surface area (Å²) in [6.45, 7) is 3.78. The summed E-state index contributed by atoms with van der Waals surface area (Å²) in [4.78, 5) is 14.4. The molecule has 1 aliphatic heterocycles. The van der Waals surface area contributed by atoms with Crippen molar-refractivity contribution in [3.63, 3.8) is 0 Å². The molecule has 3 heteroatoms. The maximum atomic E-state index is 11.3. The molecule has 0 fully saturated rings. The molecule has 0 bridgehead atoms. The summed E-state index contributed by atoms with van der Waals surface area (Å²) >= 11 is 0. The lowest BCUT2D eigenvalue weighted by Gasteiger charge is -1.98. The fraction of sp³-hybridized carbons (Fsp3) is 0.182. The minimum atomic E-state index is 0.000283. The van der Waals surface area contributed by atoms with E-state index < -0.39 is 0 Å². The van der Waals surface area contributed by atoms with Crippen LogP contribution in [0.25, 0.3) is 6.08 Å². The van der Waals surface area contributed by atoms with Crippen LogP contribution >= 0.6 is 0 Å². The van der Waals surface area contributed by atoms with E-state index in [4.69, 9.17) is 0 Å². The highest BCUT2D eigenvalue weighted by Gasteiger charge is 2.19. The lowest BCUT2D eigenvalue weighted by Crippen LogP contribution is -2.15. The molecular weight excluding hydrogens is 176 g/mol. The quantitative estimate of drug-likeness (QED) is 0.693. The molecule has 1 aromatic rings. The van der Waals surface area contributed by atoms with Crippen molar-refractivity contribution >= 4 is 12.0 Å². The Kier molecular flexibility index (Phi) is 2.00. The van der Waals surface area contributed by atoms with Gasteiger partial charge in [0.05, 0.1) is 0 Å². The molecule has 14 heavy (non-hydrogen) atoms. The van der Waals surface area contributed by atoms with Crippen molar-refractivity contribution in [3.8, 4) is 0 Å². The normalized spacial score (nSPS) is 19.3. The van der Waals surface area contributed by atoms with Crippen molar-refractivity contribution in [2.45, 2.75) is 13.8 Å². The van der Waals surface area contributed by atoms with E-state index in [0.29, 0.717) is 0 Å². The van der Waals surface area contributed by atoms with Crippen LogP contribution in [0.5, 0.6) is 0 Å². The molecule has 2 N–H and O–H groups in total. The van der Waals surface area contributed by atoms with Crippen LogP contribution < -0.4 is 5.32 Å². The predicted octanol–water partition coefficient (Wildman–Crippen LogP) is 1.82. The zero-order chi connectivity index (χ0) is 10.1. The van der Waals surface area contributed by atoms with Crippen LogP contribution in [0.3, 0.4) is 0 Å². The van der Waals surface area contributed by atoms with E-state index in [1.54, 1.807) is 0 Å². The number of hydrogen-bond acceptors (Lipinski definition) is 1. The van der Waals surface area contributed by atoms with Crippen LogP contribution in [-0.4, -0.2) is 10.9 Å². The largest absolute Gasteiger partial charge is 0.362 e. The Balaban J connectivity index is 2.35. The maximum Gasteiger partial charge on any atom is 0.251 e. The summed E-state index contributed by atoms with van der Waals surface area (Å²) in [6.07, 6.45) is 3.79. The van der Waals surface area contributed by atoms with E-state index in [0.717, 1.165) is 22.5 Å². The first-order chi connectivity index (χ1) is 6.68. The summed E-state index contributed by atoms with van der Waals surface area (Å²) in [7, 11) is 0. The number of amides is 1. The van der Waals surface area contributed by atoms with Crippen molar-refractivity contribution in [3.05, 3.63) is 40.9 Å². The first kappa shape index (κ1) is 8.81. The van der Waals surface area contributed by atoms with Crippen molar-refractivity contribution in [1.29, 1.82) is 0 Å². The zero-order valence-electron chi connectivity index (χ0n) is 8.22. The summed E-state index contributed by atoms with van der Waals surface area (Å²) in [5.74, 6) is 0.000283. The van der Waals surface area contributed by atoms with Gasteiger partial charge in [-0.2, -0.15) is 0 Å². The van der Waals surface area contributed by atoms with Gasteiger partial charge in [0, 0.05) is 23.2 Å². The number of carbonyl (C=O) groups excluding carboxylic acids is 1. The van der Waals surface area contributed by atoms with Gasteiger partial charge < -0.3 is 10.3 Å². The standard InChI is InChI=1S/C11H12N2O/c1-7-8(2)11(14)13-10(7)6-9-4-3-5-12-9/h3-6,12H,1-2H3,(H,13,14)/b10-6-. The molecule has 0 saturated carbocycles. The predicted molar refractivity (Wildman–Crippen MR) is 55.3 cm³/mol. The van der Waals surface area contributed by atoms with Crippen molar-refractivity contribution < 1.29 is 4.79 Å². The Morgan fingerprint density at radius 2 is 2.07 bits per heavy atom. The molecule has 0 saturated heterocycles. The Labute approximate surface area is 82.5 Å². The van der Waals surface area contributed by atoms with E-state index in [1.165, 1.54) is 0 Å². The summed E-state index contributed by atoms with van der Waals surface area (Å²) in [5.41, 5.74) is 3.69. The number of aromatic nitrogens is 1. The van der Waals surface area contributed by atoms with Gasteiger partial charge in [-0.25, -0.2) is 0 Å². The Morgan fingerprint density at radius 3 is 2.57 bits per heavy atom. The Morgan fingerprint density at radius 1 is 1.29 bits per heavy atom. The van der Waals surface area contributed by atoms with Crippen molar-refractivity contribution in [2.24, 2.45) is 0 Å². The van der Waals surface area contributed by atoms with E-state index in [1.807, 2.05) is 38.3 Å². The monoisotopic (exact) mass is 188 g/mol. The van der Waals surface area contributed by atoms with E-state index in [2.05, 4.69) is 10.3 Å². The average Bonchev–Trinajstić information content (AvgIpc) is 2.73. The second-order valence-electron chi connectivity index (χ2n) is 3.39. The van der Waals surface area contributed by atoms with Crippen LogP contribution in [0.4, 0.5) is 0 Å². The fourth-order valence-electron chi connectivity index (χ4n) is 1.42. The van der Waals surface area contributed by atoms with Gasteiger partial charge in [-0.15, -0.1) is 0 Å². The Hall–Kier alpha value is -1.77. The second-order valence-corrected chi connectivity index (χ2v) is 3.39. The van der Waals surface area contributed by atoms with Gasteiger partial charge in [0.2, 0.25) is 0 Å². The molecule has 1 amide bonds. The number of nitrogens with one attached hydrogen (secondary N) is 2. The highest BCUT2D eigenvalue weighted by molar-refractivity contribution is 6.00. The highest BCUT2D eigenvalue weighted by Crippen LogP contribution is 2.21. The van der Waals surface area contributed by atoms with Gasteiger partial charge in [-0.1, -0.05) is 0 Å². The number of allylic oxidation sites excluding steroid dienone is 1. The van der Waals surface area contributed by atoms with Gasteiger partial charge in [-0.3, -0.25) is 4.79 Å². The average molecular weight is 188 g/mol. The van der Waals surface area contributed by atoms with Crippen molar-refractivity contribution in [1.82, 2.24) is 10.3 Å². The first-order valence-electron chi connectivity index (χ1n) is 4.53. The van der Waals surface area contributed by atoms with Gasteiger partial charge in [0.25, 0.3) is 5.91 Å². The summed E-state index contributed by atoms with van der Waals surface area (Å²) in [6, 6.07) is 3.88. The van der Waals surface area contributed by atoms with Crippen LogP contribution in [0.2, 0.25) is 0 Å². The number of aromatic amines is 1. The third-order valence-corrected chi connectivity index (χ3v) is 2.48. The molecule has 0 aromatic carbocycles. The van der Waals surface area contributed by atoms with Crippen LogP contribution in [0.1, 0.15) is 19.5 Å². The van der Waals surface area contributed by atoms with Crippen LogP contribution in [-0.2, 0) is 4.79 Å². The maximum absolute atomic E-state index is 11.3. The molecular formula is C11H12N2O. The molecule has 2 heterocycles. The fourth-order valence-corrected chi connectivity index (χ4v) is 1.42. The molecule has 72 valence electrons. The zero-order valence-corrected chi connectivity index (χ0v) is 8.22. The number of carbonyl (C=O) groups is 1. The minimum absolute atomic E-state index is 0.000283. The van der Waals surface area contributed by atoms with Gasteiger partial charge >= 0.3 is 0 Å². The molecule has 0 atom stereocenters. The molecule has 1 aliphatic rings. The van der Waals surface area contributed by atoms with E-state index >= 15 is 0 Å². The molecule has 0 spiro atoms. The third-order valence-electron chi connectivity index (χ3n) is 2.48. The lowest BCUT2D eigenvalue weighted by molar-refractivity contribution is -0.116. The molecule has 0 unspecified atom stereocenters. The molecule has 2 rings (SSSR count). The second kappa shape index (κ2) is 3.18. The van der Waals surface area contributed by atoms with Crippen LogP contribution in [0.15, 0.2) is 35.2 Å². The topological polar surface area (TPSA) is 44.9 Å². The number of rotatable bonds is 1. The van der Waals surface area contributed by atoms with E-state index in [-0.39, 0.29) is 5.91 Å². The van der Waals surface area contributed by atoms with Gasteiger partial charge in [0.1, 0.15) is 0 Å². The summed E-state index contributed by atoms with van der Waals surface area (Å²) < 4.78 is 0. The number of hydrogen-bond donors (Lipinski definition) is 2. The molecule has 1 aromatic heterocycles. The molecule has 0 radical (unpaired) electrons. The third kappa shape index (κ3) is 1.37. The van der Waals surface area contributed by atoms with Gasteiger partial charge in [0.15, 0.2) is 0 Å². The smallest absolute Gasteiger partial charge is 0.251 e. The van der Waals surface area contributed by atoms with E-state index in [9.17, 15) is 4.79 Å². The SMILES string of the molecule is CC1=C(C)/C(=C/c2ccc[nH]2)NC1=O. The molecule has 3 nitrogen and oxygen atoms in total. The van der Waals surface area contributed by atoms with Gasteiger partial charge in [-0.05, 0) is 37.6 Å². The Bertz CT molecular complexity index is 424. The van der Waals surface area contributed by atoms with Crippen molar-refractivity contribution in [2.75, 3.05) is 0 Å². The summed E-state index contributed by atoms with van der Waals surface area (Å²) in [5, 5.41) is 2.82. The first-order valence-corrected chi connectivity index (χ1v) is 4.53.